The zero-order chi connectivity index (χ0) is 22.3. The summed E-state index contributed by atoms with van der Waals surface area (Å²) in [5.74, 6) is -0.326. The number of hydrogen-bond acceptors (Lipinski definition) is 4. The van der Waals surface area contributed by atoms with Gasteiger partial charge < -0.3 is 10.2 Å². The molecule has 0 atom stereocenters. The van der Waals surface area contributed by atoms with Gasteiger partial charge >= 0.3 is 0 Å². The first kappa shape index (κ1) is 22.0. The smallest absolute Gasteiger partial charge is 0.254 e. The standard InChI is InChI=1S/C26H26N2O3S/c29-24(19-7-2-1-3-8-19)22-10-4-5-11-23(22)26(31)28-16-13-20(14-17-28)25(30)27-15-12-21-9-6-18-32-21/h1-11,18,20H,12-17H2,(H,27,30). The van der Waals surface area contributed by atoms with Crippen molar-refractivity contribution in [2.75, 3.05) is 19.6 Å². The van der Waals surface area contributed by atoms with E-state index in [0.29, 0.717) is 49.2 Å². The monoisotopic (exact) mass is 446 g/mol. The maximum atomic E-state index is 13.2. The van der Waals surface area contributed by atoms with Gasteiger partial charge in [0.1, 0.15) is 0 Å². The summed E-state index contributed by atoms with van der Waals surface area (Å²) in [6, 6.07) is 20.1. The lowest BCUT2D eigenvalue weighted by Crippen LogP contribution is -2.43. The Labute approximate surface area is 192 Å². The molecule has 1 aliphatic rings. The van der Waals surface area contributed by atoms with E-state index < -0.39 is 0 Å². The normalized spacial score (nSPS) is 14.2. The van der Waals surface area contributed by atoms with E-state index in [1.165, 1.54) is 4.88 Å². The molecule has 0 saturated carbocycles. The van der Waals surface area contributed by atoms with Gasteiger partial charge in [0.25, 0.3) is 5.91 Å². The van der Waals surface area contributed by atoms with Crippen LogP contribution in [-0.2, 0) is 11.2 Å². The van der Waals surface area contributed by atoms with Crippen LogP contribution in [0.3, 0.4) is 0 Å². The quantitative estimate of drug-likeness (QED) is 0.554. The Morgan fingerprint density at radius 2 is 1.56 bits per heavy atom. The average molecular weight is 447 g/mol. The maximum Gasteiger partial charge on any atom is 0.254 e. The predicted octanol–water partition coefficient (Wildman–Crippen LogP) is 4.19. The largest absolute Gasteiger partial charge is 0.355 e. The van der Waals surface area contributed by atoms with Gasteiger partial charge in [-0.05, 0) is 36.8 Å². The molecule has 1 saturated heterocycles. The first-order valence-electron chi connectivity index (χ1n) is 10.9. The van der Waals surface area contributed by atoms with Crippen LogP contribution in [0.25, 0.3) is 0 Å². The zero-order valence-corrected chi connectivity index (χ0v) is 18.6. The van der Waals surface area contributed by atoms with Gasteiger partial charge in [-0.2, -0.15) is 0 Å². The Morgan fingerprint density at radius 1 is 0.875 bits per heavy atom. The lowest BCUT2D eigenvalue weighted by atomic mass is 9.93. The maximum absolute atomic E-state index is 13.2. The average Bonchev–Trinajstić information content (AvgIpc) is 3.37. The summed E-state index contributed by atoms with van der Waals surface area (Å²) in [7, 11) is 0. The molecule has 1 aliphatic heterocycles. The minimum atomic E-state index is -0.158. The highest BCUT2D eigenvalue weighted by Gasteiger charge is 2.29. The number of rotatable bonds is 7. The Morgan fingerprint density at radius 3 is 2.25 bits per heavy atom. The van der Waals surface area contributed by atoms with E-state index in [1.54, 1.807) is 52.6 Å². The van der Waals surface area contributed by atoms with Crippen LogP contribution in [0.2, 0.25) is 0 Å². The van der Waals surface area contributed by atoms with Crippen molar-refractivity contribution < 1.29 is 14.4 Å². The molecule has 0 aliphatic carbocycles. The minimum Gasteiger partial charge on any atom is -0.355 e. The number of thiophene rings is 1. The van der Waals surface area contributed by atoms with Gasteiger partial charge in [0.2, 0.25) is 5.91 Å². The van der Waals surface area contributed by atoms with Gasteiger partial charge in [0.05, 0.1) is 5.56 Å². The molecule has 6 heteroatoms. The number of amides is 2. The number of hydrogen-bond donors (Lipinski definition) is 1. The summed E-state index contributed by atoms with van der Waals surface area (Å²) < 4.78 is 0. The molecule has 1 aromatic heterocycles. The molecule has 0 unspecified atom stereocenters. The molecule has 2 aromatic carbocycles. The molecule has 2 amide bonds. The Kier molecular flexibility index (Phi) is 7.12. The number of carbonyl (C=O) groups excluding carboxylic acids is 3. The molecule has 4 rings (SSSR count). The summed E-state index contributed by atoms with van der Waals surface area (Å²) >= 11 is 1.69. The third-order valence-electron chi connectivity index (χ3n) is 5.84. The molecule has 32 heavy (non-hydrogen) atoms. The second-order valence-corrected chi connectivity index (χ2v) is 8.96. The number of benzene rings is 2. The Balaban J connectivity index is 1.35. The first-order valence-corrected chi connectivity index (χ1v) is 11.8. The highest BCUT2D eigenvalue weighted by molar-refractivity contribution is 7.09. The van der Waals surface area contributed by atoms with Crippen LogP contribution in [-0.4, -0.2) is 42.1 Å². The van der Waals surface area contributed by atoms with Crippen molar-refractivity contribution in [3.63, 3.8) is 0 Å². The van der Waals surface area contributed by atoms with Crippen LogP contribution < -0.4 is 5.32 Å². The molecule has 1 fully saturated rings. The van der Waals surface area contributed by atoms with Crippen molar-refractivity contribution >= 4 is 28.9 Å². The van der Waals surface area contributed by atoms with Crippen molar-refractivity contribution in [3.8, 4) is 0 Å². The van der Waals surface area contributed by atoms with Crippen molar-refractivity contribution in [1.29, 1.82) is 0 Å². The summed E-state index contributed by atoms with van der Waals surface area (Å²) in [6.07, 6.45) is 2.10. The molecule has 2 heterocycles. The molecule has 0 spiro atoms. The molecule has 3 aromatic rings. The van der Waals surface area contributed by atoms with Gasteiger partial charge in [0, 0.05) is 41.6 Å². The topological polar surface area (TPSA) is 66.5 Å². The molecular weight excluding hydrogens is 420 g/mol. The van der Waals surface area contributed by atoms with Gasteiger partial charge in [-0.25, -0.2) is 0 Å². The predicted molar refractivity (Wildman–Crippen MR) is 126 cm³/mol. The minimum absolute atomic E-state index is 0.0633. The molecule has 164 valence electrons. The van der Waals surface area contributed by atoms with Gasteiger partial charge in [-0.15, -0.1) is 11.3 Å². The molecular formula is C26H26N2O3S. The van der Waals surface area contributed by atoms with Crippen LogP contribution in [0.1, 0.15) is 44.0 Å². The lowest BCUT2D eigenvalue weighted by molar-refractivity contribution is -0.126. The zero-order valence-electron chi connectivity index (χ0n) is 17.8. The fourth-order valence-electron chi connectivity index (χ4n) is 4.04. The fraction of sp³-hybridized carbons (Fsp3) is 0.269. The van der Waals surface area contributed by atoms with E-state index in [-0.39, 0.29) is 23.5 Å². The number of ketones is 1. The molecule has 0 radical (unpaired) electrons. The SMILES string of the molecule is O=C(c1ccccc1)c1ccccc1C(=O)N1CCC(C(=O)NCCc2cccs2)CC1. The van der Waals surface area contributed by atoms with E-state index >= 15 is 0 Å². The summed E-state index contributed by atoms with van der Waals surface area (Å²) in [5.41, 5.74) is 1.39. The van der Waals surface area contributed by atoms with Crippen LogP contribution in [0.15, 0.2) is 72.1 Å². The van der Waals surface area contributed by atoms with E-state index in [4.69, 9.17) is 0 Å². The molecule has 5 nitrogen and oxygen atoms in total. The van der Waals surface area contributed by atoms with Crippen LogP contribution in [0, 0.1) is 5.92 Å². The van der Waals surface area contributed by atoms with E-state index in [1.807, 2.05) is 29.6 Å². The van der Waals surface area contributed by atoms with Crippen molar-refractivity contribution in [3.05, 3.63) is 93.7 Å². The molecule has 1 N–H and O–H groups in total. The summed E-state index contributed by atoms with van der Waals surface area (Å²) in [6.45, 7) is 1.65. The second-order valence-electron chi connectivity index (χ2n) is 7.93. The fourth-order valence-corrected chi connectivity index (χ4v) is 4.74. The van der Waals surface area contributed by atoms with Crippen molar-refractivity contribution in [2.24, 2.45) is 5.92 Å². The highest BCUT2D eigenvalue weighted by Crippen LogP contribution is 2.22. The second kappa shape index (κ2) is 10.4. The van der Waals surface area contributed by atoms with Crippen molar-refractivity contribution in [2.45, 2.75) is 19.3 Å². The van der Waals surface area contributed by atoms with Crippen LogP contribution >= 0.6 is 11.3 Å². The van der Waals surface area contributed by atoms with E-state index in [9.17, 15) is 14.4 Å². The number of nitrogens with one attached hydrogen (secondary N) is 1. The van der Waals surface area contributed by atoms with Gasteiger partial charge in [0.15, 0.2) is 5.78 Å². The first-order chi connectivity index (χ1) is 15.6. The van der Waals surface area contributed by atoms with Crippen molar-refractivity contribution in [1.82, 2.24) is 10.2 Å². The number of piperidine rings is 1. The number of likely N-dealkylation sites (tertiary alicyclic amines) is 1. The Bertz CT molecular complexity index is 1070. The van der Waals surface area contributed by atoms with Gasteiger partial charge in [-0.3, -0.25) is 14.4 Å². The van der Waals surface area contributed by atoms with E-state index in [2.05, 4.69) is 11.4 Å². The summed E-state index contributed by atoms with van der Waals surface area (Å²) in [4.78, 5) is 41.7. The van der Waals surface area contributed by atoms with Crippen LogP contribution in [0.5, 0.6) is 0 Å². The van der Waals surface area contributed by atoms with Gasteiger partial charge in [-0.1, -0.05) is 54.6 Å². The number of carbonyl (C=O) groups is 3. The third kappa shape index (κ3) is 5.14. The highest BCUT2D eigenvalue weighted by atomic mass is 32.1. The number of nitrogens with zero attached hydrogens (tertiary/aromatic N) is 1. The summed E-state index contributed by atoms with van der Waals surface area (Å²) in [5, 5.41) is 5.07. The Hall–Kier alpha value is -3.25. The van der Waals surface area contributed by atoms with E-state index in [0.717, 1.165) is 6.42 Å². The molecule has 0 bridgehead atoms. The lowest BCUT2D eigenvalue weighted by Gasteiger charge is -2.31. The van der Waals surface area contributed by atoms with Crippen LogP contribution in [0.4, 0.5) is 0 Å². The third-order valence-corrected chi connectivity index (χ3v) is 6.78.